The zero-order valence-corrected chi connectivity index (χ0v) is 19.0. The largest absolute Gasteiger partial charge is 0.457 e. The summed E-state index contributed by atoms with van der Waals surface area (Å²) in [7, 11) is 0. The summed E-state index contributed by atoms with van der Waals surface area (Å²) in [6.45, 7) is 2.88. The molecule has 0 radical (unpaired) electrons. The predicted octanol–water partition coefficient (Wildman–Crippen LogP) is 0.912. The summed E-state index contributed by atoms with van der Waals surface area (Å²) in [6, 6.07) is 4.31. The number of aliphatic hydroxyl groups is 1. The number of cyclic esters (lactones) is 1. The third kappa shape index (κ3) is 4.62. The predicted molar refractivity (Wildman–Crippen MR) is 119 cm³/mol. The Labute approximate surface area is 199 Å². The van der Waals surface area contributed by atoms with Gasteiger partial charge in [0.15, 0.2) is 0 Å². The van der Waals surface area contributed by atoms with E-state index >= 15 is 0 Å². The number of carbonyl (C=O) groups excluding carboxylic acids is 2. The first-order valence-corrected chi connectivity index (χ1v) is 11.2. The van der Waals surface area contributed by atoms with Gasteiger partial charge in [-0.3, -0.25) is 14.7 Å². The standard InChI is InChI=1S/C23H24FN7O4/c1-13-16(2-3-17-18(13)11-35-23(17)34)21(32)10-30-5-4-20(19(24)9-30)27-22(33)14-6-15(8-25-7-14)31-12-26-28-29-31/h2-3,6-8,12,19-21,32H,4-5,9-11H2,1H3,(H,27,33). The number of hydrogen-bond donors (Lipinski definition) is 2. The van der Waals surface area contributed by atoms with Crippen LogP contribution in [0.15, 0.2) is 36.9 Å². The molecule has 2 aromatic heterocycles. The van der Waals surface area contributed by atoms with Gasteiger partial charge in [0.1, 0.15) is 19.1 Å². The molecule has 12 heteroatoms. The van der Waals surface area contributed by atoms with E-state index in [1.807, 2.05) is 11.8 Å². The van der Waals surface area contributed by atoms with E-state index in [-0.39, 0.29) is 31.2 Å². The van der Waals surface area contributed by atoms with Crippen molar-refractivity contribution in [3.05, 3.63) is 64.7 Å². The molecule has 182 valence electrons. The van der Waals surface area contributed by atoms with Crippen LogP contribution < -0.4 is 5.32 Å². The van der Waals surface area contributed by atoms with Crippen molar-refractivity contribution in [1.82, 2.24) is 35.4 Å². The van der Waals surface area contributed by atoms with Crippen molar-refractivity contribution < 1.29 is 23.8 Å². The van der Waals surface area contributed by atoms with Gasteiger partial charge in [0.2, 0.25) is 0 Å². The molecule has 2 aliphatic rings. The van der Waals surface area contributed by atoms with Crippen molar-refractivity contribution in [3.8, 4) is 5.69 Å². The Hall–Kier alpha value is -3.77. The molecule has 2 aliphatic heterocycles. The van der Waals surface area contributed by atoms with Crippen LogP contribution in [0.4, 0.5) is 4.39 Å². The van der Waals surface area contributed by atoms with E-state index in [4.69, 9.17) is 4.74 Å². The number of rotatable bonds is 6. The molecule has 1 amide bonds. The highest BCUT2D eigenvalue weighted by Crippen LogP contribution is 2.30. The van der Waals surface area contributed by atoms with E-state index < -0.39 is 24.2 Å². The number of piperidine rings is 1. The fourth-order valence-corrected chi connectivity index (χ4v) is 4.58. The number of likely N-dealkylation sites (tertiary alicyclic amines) is 1. The number of β-amino-alcohol motifs (C(OH)–C–C–N with tert-alkyl or cyclic N) is 1. The number of nitrogens with zero attached hydrogens (tertiary/aromatic N) is 6. The average molecular weight is 481 g/mol. The number of carbonyl (C=O) groups is 2. The van der Waals surface area contributed by atoms with Gasteiger partial charge in [-0.05, 0) is 47.0 Å². The number of aliphatic hydroxyl groups excluding tert-OH is 1. The van der Waals surface area contributed by atoms with E-state index in [9.17, 15) is 19.1 Å². The second kappa shape index (κ2) is 9.47. The quantitative estimate of drug-likeness (QED) is 0.493. The summed E-state index contributed by atoms with van der Waals surface area (Å²) < 4.78 is 21.4. The summed E-state index contributed by atoms with van der Waals surface area (Å²) in [5.74, 6) is -0.787. The maximum Gasteiger partial charge on any atom is 0.338 e. The summed E-state index contributed by atoms with van der Waals surface area (Å²) in [5.41, 5.74) is 3.62. The molecule has 3 unspecified atom stereocenters. The summed E-state index contributed by atoms with van der Waals surface area (Å²) in [5, 5.41) is 24.5. The minimum Gasteiger partial charge on any atom is -0.457 e. The third-order valence-corrected chi connectivity index (χ3v) is 6.54. The monoisotopic (exact) mass is 481 g/mol. The molecule has 0 saturated carbocycles. The van der Waals surface area contributed by atoms with Crippen LogP contribution in [0.5, 0.6) is 0 Å². The molecule has 1 fully saturated rings. The normalized spacial score (nSPS) is 20.8. The number of fused-ring (bicyclic) bond motifs is 1. The molecular weight excluding hydrogens is 457 g/mol. The van der Waals surface area contributed by atoms with Crippen molar-refractivity contribution in [1.29, 1.82) is 0 Å². The topological polar surface area (TPSA) is 135 Å². The minimum atomic E-state index is -1.30. The van der Waals surface area contributed by atoms with Crippen LogP contribution in [0.1, 0.15) is 49.9 Å². The van der Waals surface area contributed by atoms with E-state index in [0.29, 0.717) is 29.8 Å². The van der Waals surface area contributed by atoms with Crippen molar-refractivity contribution >= 4 is 11.9 Å². The second-order valence-corrected chi connectivity index (χ2v) is 8.73. The van der Waals surface area contributed by atoms with Crippen LogP contribution in [-0.4, -0.2) is 78.9 Å². The molecule has 0 spiro atoms. The molecule has 5 rings (SSSR count). The smallest absolute Gasteiger partial charge is 0.338 e. The van der Waals surface area contributed by atoms with Crippen molar-refractivity contribution in [2.45, 2.75) is 38.3 Å². The van der Waals surface area contributed by atoms with E-state index in [0.717, 1.165) is 11.1 Å². The van der Waals surface area contributed by atoms with Crippen LogP contribution in [0.25, 0.3) is 5.69 Å². The highest BCUT2D eigenvalue weighted by molar-refractivity contribution is 5.94. The SMILES string of the molecule is Cc1c(C(O)CN2CCC(NC(=O)c3cncc(-n4cnnn4)c3)C(F)C2)ccc2c1COC2=O. The van der Waals surface area contributed by atoms with Gasteiger partial charge in [0.25, 0.3) is 5.91 Å². The number of benzene rings is 1. The van der Waals surface area contributed by atoms with Crippen LogP contribution in [-0.2, 0) is 11.3 Å². The fourth-order valence-electron chi connectivity index (χ4n) is 4.58. The molecule has 0 bridgehead atoms. The van der Waals surface area contributed by atoms with Crippen LogP contribution in [0.2, 0.25) is 0 Å². The first-order valence-electron chi connectivity index (χ1n) is 11.2. The number of pyridine rings is 1. The average Bonchev–Trinajstić information content (AvgIpc) is 3.52. The van der Waals surface area contributed by atoms with Gasteiger partial charge < -0.3 is 15.2 Å². The van der Waals surface area contributed by atoms with Crippen LogP contribution >= 0.6 is 0 Å². The Bertz CT molecular complexity index is 1250. The van der Waals surface area contributed by atoms with Gasteiger partial charge in [-0.1, -0.05) is 6.07 Å². The number of ether oxygens (including phenoxy) is 1. The number of halogens is 1. The van der Waals surface area contributed by atoms with E-state index in [1.165, 1.54) is 23.4 Å². The number of hydrogen-bond acceptors (Lipinski definition) is 9. The maximum atomic E-state index is 15.0. The summed E-state index contributed by atoms with van der Waals surface area (Å²) in [4.78, 5) is 30.3. The lowest BCUT2D eigenvalue weighted by atomic mass is 9.94. The van der Waals surface area contributed by atoms with Crippen LogP contribution in [0, 0.1) is 6.92 Å². The minimum absolute atomic E-state index is 0.0799. The van der Waals surface area contributed by atoms with Crippen LogP contribution in [0.3, 0.4) is 0 Å². The Kier molecular flexibility index (Phi) is 6.22. The molecule has 1 aromatic carbocycles. The van der Waals surface area contributed by atoms with E-state index in [1.54, 1.807) is 18.2 Å². The van der Waals surface area contributed by atoms with Gasteiger partial charge in [-0.25, -0.2) is 9.18 Å². The Morgan fingerprint density at radius 2 is 2.23 bits per heavy atom. The summed E-state index contributed by atoms with van der Waals surface area (Å²) in [6.07, 6.45) is 2.56. The number of amides is 1. The van der Waals surface area contributed by atoms with Gasteiger partial charge in [0.05, 0.1) is 35.2 Å². The van der Waals surface area contributed by atoms with Crippen molar-refractivity contribution in [2.24, 2.45) is 0 Å². The summed E-state index contributed by atoms with van der Waals surface area (Å²) >= 11 is 0. The van der Waals surface area contributed by atoms with Gasteiger partial charge in [0, 0.05) is 31.4 Å². The number of aromatic nitrogens is 5. The molecule has 1 saturated heterocycles. The lowest BCUT2D eigenvalue weighted by Gasteiger charge is -2.36. The number of esters is 1. The molecule has 2 N–H and O–H groups in total. The number of tetrazole rings is 1. The van der Waals surface area contributed by atoms with Gasteiger partial charge in [-0.2, -0.15) is 4.68 Å². The molecular formula is C23H24FN7O4. The molecule has 0 aliphatic carbocycles. The molecule has 11 nitrogen and oxygen atoms in total. The lowest BCUT2D eigenvalue weighted by Crippen LogP contribution is -2.53. The Morgan fingerprint density at radius 1 is 1.37 bits per heavy atom. The highest BCUT2D eigenvalue weighted by atomic mass is 19.1. The number of alkyl halides is 1. The first kappa shape index (κ1) is 23.0. The van der Waals surface area contributed by atoms with Crippen molar-refractivity contribution in [2.75, 3.05) is 19.6 Å². The third-order valence-electron chi connectivity index (χ3n) is 6.54. The molecule has 35 heavy (non-hydrogen) atoms. The van der Waals surface area contributed by atoms with Crippen molar-refractivity contribution in [3.63, 3.8) is 0 Å². The Balaban J connectivity index is 1.18. The van der Waals surface area contributed by atoms with Gasteiger partial charge in [-0.15, -0.1) is 5.10 Å². The van der Waals surface area contributed by atoms with Gasteiger partial charge >= 0.3 is 5.97 Å². The zero-order chi connectivity index (χ0) is 24.5. The first-order chi connectivity index (χ1) is 16.9. The molecule has 3 aromatic rings. The Morgan fingerprint density at radius 3 is 3.00 bits per heavy atom. The number of nitrogens with one attached hydrogen (secondary N) is 1. The molecule has 3 atom stereocenters. The molecule has 4 heterocycles. The zero-order valence-electron chi connectivity index (χ0n) is 19.0. The second-order valence-electron chi connectivity index (χ2n) is 8.73. The maximum absolute atomic E-state index is 15.0. The lowest BCUT2D eigenvalue weighted by molar-refractivity contribution is 0.0527. The van der Waals surface area contributed by atoms with E-state index in [2.05, 4.69) is 25.8 Å². The highest BCUT2D eigenvalue weighted by Gasteiger charge is 2.32. The fraction of sp³-hybridized carbons (Fsp3) is 0.391.